The van der Waals surface area contributed by atoms with Gasteiger partial charge in [-0.2, -0.15) is 0 Å². The Morgan fingerprint density at radius 3 is 2.41 bits per heavy atom. The molecule has 3 amide bonds. The highest BCUT2D eigenvalue weighted by Crippen LogP contribution is 2.26. The summed E-state index contributed by atoms with van der Waals surface area (Å²) in [7, 11) is -2.41. The Morgan fingerprint density at radius 2 is 1.74 bits per heavy atom. The van der Waals surface area contributed by atoms with Crippen molar-refractivity contribution < 1.29 is 18.0 Å². The molecule has 12 heteroatoms. The zero-order valence-electron chi connectivity index (χ0n) is 22.0. The lowest BCUT2D eigenvalue weighted by atomic mass is 10.2. The number of carbonyl (C=O) groups excluding carboxylic acids is 2. The number of fused-ring (bicyclic) bond motifs is 1. The standard InChI is InChI=1S/C27H29ClN6O4S/c1-5-14-29-27(36)33(4)20-9-8-19(22(28)15-20)16-34-18(3)30-23-12-13-24(31-25(23)34)26(35)32-39(37,38)21-10-6-17(2)7-11-21/h6-13,15H,5,14,16H2,1-4H3,(H,29,36)(H,32,35). The number of hydrogen-bond donors (Lipinski definition) is 2. The summed E-state index contributed by atoms with van der Waals surface area (Å²) in [6, 6.07) is 14.3. The third-order valence-corrected chi connectivity index (χ3v) is 7.86. The molecule has 0 fully saturated rings. The number of rotatable bonds is 8. The second-order valence-corrected chi connectivity index (χ2v) is 11.2. The summed E-state index contributed by atoms with van der Waals surface area (Å²) in [5.74, 6) is -0.215. The average molecular weight is 569 g/mol. The molecule has 4 aromatic rings. The topological polar surface area (TPSA) is 126 Å². The maximum Gasteiger partial charge on any atom is 0.321 e. The number of pyridine rings is 1. The van der Waals surface area contributed by atoms with Crippen LogP contribution in [0.25, 0.3) is 11.2 Å². The van der Waals surface area contributed by atoms with Gasteiger partial charge >= 0.3 is 6.03 Å². The predicted octanol–water partition coefficient (Wildman–Crippen LogP) is 4.42. The number of halogens is 1. The van der Waals surface area contributed by atoms with Crippen LogP contribution in [0.5, 0.6) is 0 Å². The number of nitrogens with one attached hydrogen (secondary N) is 2. The maximum absolute atomic E-state index is 12.9. The molecule has 0 unspecified atom stereocenters. The normalized spacial score (nSPS) is 11.4. The molecule has 2 aromatic carbocycles. The predicted molar refractivity (Wildman–Crippen MR) is 151 cm³/mol. The lowest BCUT2D eigenvalue weighted by Crippen LogP contribution is -2.37. The molecule has 0 aliphatic heterocycles. The summed E-state index contributed by atoms with van der Waals surface area (Å²) in [5.41, 5.74) is 3.17. The van der Waals surface area contributed by atoms with Crippen molar-refractivity contribution in [3.63, 3.8) is 0 Å². The van der Waals surface area contributed by atoms with Crippen LogP contribution in [-0.4, -0.2) is 48.5 Å². The van der Waals surface area contributed by atoms with Crippen molar-refractivity contribution >= 4 is 50.4 Å². The molecule has 204 valence electrons. The molecule has 0 radical (unpaired) electrons. The lowest BCUT2D eigenvalue weighted by molar-refractivity contribution is 0.0977. The summed E-state index contributed by atoms with van der Waals surface area (Å²) < 4.78 is 29.2. The first kappa shape index (κ1) is 28.1. The highest BCUT2D eigenvalue weighted by atomic mass is 35.5. The first-order valence-corrected chi connectivity index (χ1v) is 14.1. The first-order valence-electron chi connectivity index (χ1n) is 12.3. The van der Waals surface area contributed by atoms with Gasteiger partial charge in [0.2, 0.25) is 0 Å². The number of urea groups is 1. The zero-order chi connectivity index (χ0) is 28.3. The van der Waals surface area contributed by atoms with E-state index in [1.807, 2.05) is 19.9 Å². The van der Waals surface area contributed by atoms with Crippen LogP contribution in [0.3, 0.4) is 0 Å². The first-order chi connectivity index (χ1) is 18.5. The average Bonchev–Trinajstić information content (AvgIpc) is 3.21. The number of hydrogen-bond acceptors (Lipinski definition) is 6. The number of amides is 3. The Bertz CT molecular complexity index is 1650. The van der Waals surface area contributed by atoms with Crippen LogP contribution >= 0.6 is 11.6 Å². The van der Waals surface area contributed by atoms with E-state index in [1.165, 1.54) is 23.1 Å². The summed E-state index contributed by atoms with van der Waals surface area (Å²) in [6.45, 7) is 6.49. The zero-order valence-corrected chi connectivity index (χ0v) is 23.6. The Balaban J connectivity index is 1.58. The number of sulfonamides is 1. The molecule has 10 nitrogen and oxygen atoms in total. The largest absolute Gasteiger partial charge is 0.338 e. The van der Waals surface area contributed by atoms with Crippen molar-refractivity contribution in [2.45, 2.75) is 38.6 Å². The van der Waals surface area contributed by atoms with Crippen molar-refractivity contribution in [3.8, 4) is 0 Å². The molecule has 0 spiro atoms. The molecule has 2 aromatic heterocycles. The van der Waals surface area contributed by atoms with Crippen molar-refractivity contribution in [1.82, 2.24) is 24.6 Å². The van der Waals surface area contributed by atoms with Crippen molar-refractivity contribution in [3.05, 3.63) is 82.3 Å². The van der Waals surface area contributed by atoms with Crippen LogP contribution in [0.15, 0.2) is 59.5 Å². The maximum atomic E-state index is 12.9. The van der Waals surface area contributed by atoms with Crippen molar-refractivity contribution in [2.75, 3.05) is 18.5 Å². The Morgan fingerprint density at radius 1 is 1.03 bits per heavy atom. The van der Waals surface area contributed by atoms with E-state index in [9.17, 15) is 18.0 Å². The summed E-state index contributed by atoms with van der Waals surface area (Å²) in [5, 5.41) is 3.27. The molecule has 0 atom stereocenters. The van der Waals surface area contributed by atoms with Crippen LogP contribution in [0, 0.1) is 13.8 Å². The molecule has 0 saturated heterocycles. The van der Waals surface area contributed by atoms with Gasteiger partial charge in [0.15, 0.2) is 5.65 Å². The van der Waals surface area contributed by atoms with Gasteiger partial charge in [-0.05, 0) is 62.2 Å². The second kappa shape index (κ2) is 11.4. The number of carbonyl (C=O) groups is 2. The Labute approximate surface area is 232 Å². The molecule has 2 N–H and O–H groups in total. The number of anilines is 1. The summed E-state index contributed by atoms with van der Waals surface area (Å²) in [6.07, 6.45) is 0.831. The summed E-state index contributed by atoms with van der Waals surface area (Å²) in [4.78, 5) is 35.6. The van der Waals surface area contributed by atoms with Gasteiger partial charge in [0.25, 0.3) is 15.9 Å². The smallest absolute Gasteiger partial charge is 0.321 e. The van der Waals surface area contributed by atoms with Crippen LogP contribution < -0.4 is 14.9 Å². The van der Waals surface area contributed by atoms with Crippen LogP contribution in [0.4, 0.5) is 10.5 Å². The minimum absolute atomic E-state index is 0.0185. The molecule has 0 aliphatic rings. The second-order valence-electron chi connectivity index (χ2n) is 9.10. The van der Waals surface area contributed by atoms with E-state index in [2.05, 4.69) is 20.0 Å². The molecule has 39 heavy (non-hydrogen) atoms. The van der Waals surface area contributed by atoms with Gasteiger partial charge in [-0.15, -0.1) is 0 Å². The number of aromatic nitrogens is 3. The Hall–Kier alpha value is -3.96. The van der Waals surface area contributed by atoms with Gasteiger partial charge < -0.3 is 9.88 Å². The SMILES string of the molecule is CCCNC(=O)N(C)c1ccc(Cn2c(C)nc3ccc(C(=O)NS(=O)(=O)c4ccc(C)cc4)nc32)c(Cl)c1. The van der Waals surface area contributed by atoms with Gasteiger partial charge in [0.1, 0.15) is 17.0 Å². The van der Waals surface area contributed by atoms with Gasteiger partial charge in [0, 0.05) is 24.3 Å². The van der Waals surface area contributed by atoms with Gasteiger partial charge in [0.05, 0.1) is 11.4 Å². The van der Waals surface area contributed by atoms with E-state index in [1.54, 1.807) is 48.9 Å². The van der Waals surface area contributed by atoms with Gasteiger partial charge in [-0.3, -0.25) is 9.69 Å². The van der Waals surface area contributed by atoms with E-state index >= 15 is 0 Å². The Kier molecular flexibility index (Phi) is 8.22. The van der Waals surface area contributed by atoms with E-state index < -0.39 is 15.9 Å². The molecular weight excluding hydrogens is 540 g/mol. The monoisotopic (exact) mass is 568 g/mol. The van der Waals surface area contributed by atoms with Gasteiger partial charge in [-0.1, -0.05) is 42.3 Å². The minimum Gasteiger partial charge on any atom is -0.338 e. The van der Waals surface area contributed by atoms with Crippen molar-refractivity contribution in [2.24, 2.45) is 0 Å². The quantitative estimate of drug-likeness (QED) is 0.324. The third-order valence-electron chi connectivity index (χ3n) is 6.16. The van der Waals surface area contributed by atoms with E-state index in [-0.39, 0.29) is 16.6 Å². The fourth-order valence-electron chi connectivity index (χ4n) is 3.89. The minimum atomic E-state index is -4.07. The number of imidazole rings is 1. The third kappa shape index (κ3) is 6.21. The summed E-state index contributed by atoms with van der Waals surface area (Å²) >= 11 is 6.58. The lowest BCUT2D eigenvalue weighted by Gasteiger charge is -2.19. The molecule has 0 saturated carbocycles. The fraction of sp³-hybridized carbons (Fsp3) is 0.259. The van der Waals surface area contributed by atoms with Crippen molar-refractivity contribution in [1.29, 1.82) is 0 Å². The van der Waals surface area contributed by atoms with Crippen LogP contribution in [0.1, 0.15) is 40.8 Å². The number of nitrogens with zero attached hydrogens (tertiary/aromatic N) is 4. The van der Waals surface area contributed by atoms with Gasteiger partial charge in [-0.25, -0.2) is 27.9 Å². The molecular formula is C27H29ClN6O4S. The number of benzene rings is 2. The van der Waals surface area contributed by atoms with E-state index in [0.717, 1.165) is 17.5 Å². The molecule has 0 bridgehead atoms. The van der Waals surface area contributed by atoms with Crippen LogP contribution in [-0.2, 0) is 16.6 Å². The molecule has 4 rings (SSSR count). The molecule has 2 heterocycles. The highest BCUT2D eigenvalue weighted by Gasteiger charge is 2.21. The highest BCUT2D eigenvalue weighted by molar-refractivity contribution is 7.90. The van der Waals surface area contributed by atoms with E-state index in [4.69, 9.17) is 11.6 Å². The van der Waals surface area contributed by atoms with Crippen LogP contribution in [0.2, 0.25) is 5.02 Å². The van der Waals surface area contributed by atoms with E-state index in [0.29, 0.717) is 40.8 Å². The molecule has 0 aliphatic carbocycles. The number of aryl methyl sites for hydroxylation is 2. The fourth-order valence-corrected chi connectivity index (χ4v) is 5.09.